The van der Waals surface area contributed by atoms with Gasteiger partial charge in [0, 0.05) is 25.3 Å². The highest BCUT2D eigenvalue weighted by molar-refractivity contribution is 6.39. The van der Waals surface area contributed by atoms with Gasteiger partial charge in [-0.2, -0.15) is 0 Å². The first kappa shape index (κ1) is 21.7. The minimum absolute atomic E-state index is 0.211. The molecular formula is C17H29B2N3O. The van der Waals surface area contributed by atoms with Gasteiger partial charge in [0.2, 0.25) is 0 Å². The molecule has 6 heteroatoms. The quantitative estimate of drug-likeness (QED) is 0.868. The van der Waals surface area contributed by atoms with Crippen LogP contribution in [-0.4, -0.2) is 51.1 Å². The highest BCUT2D eigenvalue weighted by Gasteiger charge is 2.36. The van der Waals surface area contributed by atoms with E-state index in [1.165, 1.54) is 0 Å². The van der Waals surface area contributed by atoms with Crippen LogP contribution in [0.25, 0.3) is 0 Å². The Kier molecular flexibility index (Phi) is 9.89. The van der Waals surface area contributed by atoms with Crippen molar-refractivity contribution in [2.75, 3.05) is 19.6 Å². The molecule has 4 radical (unpaired) electrons. The molecule has 1 N–H and O–H groups in total. The van der Waals surface area contributed by atoms with Crippen LogP contribution in [0.4, 0.5) is 0 Å². The van der Waals surface area contributed by atoms with Gasteiger partial charge in [0.1, 0.15) is 5.69 Å². The summed E-state index contributed by atoms with van der Waals surface area (Å²) in [5.74, 6) is 0.384. The molecule has 0 atom stereocenters. The molecule has 2 heterocycles. The second kappa shape index (κ2) is 10.5. The fraction of sp³-hybridized carbons (Fsp3) is 0.647. The van der Waals surface area contributed by atoms with Crippen molar-refractivity contribution in [3.8, 4) is 0 Å². The number of carbonyl (C=O) groups is 1. The van der Waals surface area contributed by atoms with Gasteiger partial charge in [-0.3, -0.25) is 4.79 Å². The third-order valence-corrected chi connectivity index (χ3v) is 3.32. The Morgan fingerprint density at radius 1 is 1.30 bits per heavy atom. The molecule has 124 valence electrons. The summed E-state index contributed by atoms with van der Waals surface area (Å²) in [6.45, 7) is 14.3. The van der Waals surface area contributed by atoms with Crippen LogP contribution in [-0.2, 0) is 5.34 Å². The van der Waals surface area contributed by atoms with E-state index in [1.807, 2.05) is 39.5 Å². The zero-order valence-electron chi connectivity index (χ0n) is 15.4. The molecule has 1 saturated heterocycles. The van der Waals surface area contributed by atoms with Crippen molar-refractivity contribution in [2.45, 2.75) is 46.9 Å². The molecule has 1 aromatic heterocycles. The van der Waals surface area contributed by atoms with Gasteiger partial charge >= 0.3 is 0 Å². The SMILES string of the molecule is CC.CC.[B]C([B])(c1cccc(C(=O)NCC)n1)N1CC(C)C1. The van der Waals surface area contributed by atoms with E-state index >= 15 is 0 Å². The number of rotatable bonds is 4. The number of hydrogen-bond acceptors (Lipinski definition) is 3. The third-order valence-electron chi connectivity index (χ3n) is 3.32. The van der Waals surface area contributed by atoms with Crippen molar-refractivity contribution in [1.82, 2.24) is 15.2 Å². The zero-order chi connectivity index (χ0) is 18.0. The first-order valence-electron chi connectivity index (χ1n) is 8.53. The number of hydrogen-bond donors (Lipinski definition) is 1. The predicted octanol–water partition coefficient (Wildman–Crippen LogP) is 2.28. The fourth-order valence-electron chi connectivity index (χ4n) is 2.20. The summed E-state index contributed by atoms with van der Waals surface area (Å²) >= 11 is 0. The molecule has 0 unspecified atom stereocenters. The molecule has 1 aliphatic heterocycles. The lowest BCUT2D eigenvalue weighted by molar-refractivity contribution is 0.0746. The first-order valence-corrected chi connectivity index (χ1v) is 8.53. The molecule has 2 rings (SSSR count). The number of pyridine rings is 1. The monoisotopic (exact) mass is 313 g/mol. The number of aromatic nitrogens is 1. The normalized spacial score (nSPS) is 14.5. The van der Waals surface area contributed by atoms with Crippen molar-refractivity contribution in [2.24, 2.45) is 5.92 Å². The molecule has 23 heavy (non-hydrogen) atoms. The summed E-state index contributed by atoms with van der Waals surface area (Å²) in [5.41, 5.74) is 0.858. The van der Waals surface area contributed by atoms with Gasteiger partial charge in [0.05, 0.1) is 15.7 Å². The average Bonchev–Trinajstić information content (AvgIpc) is 2.56. The number of likely N-dealkylation sites (tertiary alicyclic amines) is 1. The molecule has 0 spiro atoms. The predicted molar refractivity (Wildman–Crippen MR) is 98.9 cm³/mol. The average molecular weight is 313 g/mol. The van der Waals surface area contributed by atoms with Crippen LogP contribution >= 0.6 is 0 Å². The van der Waals surface area contributed by atoms with Crippen molar-refractivity contribution in [3.63, 3.8) is 0 Å². The Morgan fingerprint density at radius 2 is 1.87 bits per heavy atom. The molecule has 1 fully saturated rings. The van der Waals surface area contributed by atoms with Crippen LogP contribution in [0.15, 0.2) is 18.2 Å². The highest BCUT2D eigenvalue weighted by atomic mass is 16.1. The lowest BCUT2D eigenvalue weighted by Gasteiger charge is -2.49. The van der Waals surface area contributed by atoms with Gasteiger partial charge in [0.25, 0.3) is 5.91 Å². The number of nitrogens with one attached hydrogen (secondary N) is 1. The Labute approximate surface area is 144 Å². The van der Waals surface area contributed by atoms with E-state index in [-0.39, 0.29) is 5.91 Å². The van der Waals surface area contributed by atoms with Gasteiger partial charge in [-0.05, 0) is 30.3 Å². The van der Waals surface area contributed by atoms with Crippen molar-refractivity contribution in [1.29, 1.82) is 0 Å². The summed E-state index contributed by atoms with van der Waals surface area (Å²) in [7, 11) is 12.3. The Morgan fingerprint density at radius 3 is 2.35 bits per heavy atom. The molecule has 1 amide bonds. The maximum absolute atomic E-state index is 11.8. The molecule has 4 nitrogen and oxygen atoms in total. The summed E-state index contributed by atoms with van der Waals surface area (Å²) in [4.78, 5) is 18.0. The topological polar surface area (TPSA) is 45.2 Å². The van der Waals surface area contributed by atoms with Gasteiger partial charge in [-0.15, -0.1) is 0 Å². The second-order valence-electron chi connectivity index (χ2n) is 5.10. The van der Waals surface area contributed by atoms with E-state index in [0.29, 0.717) is 23.9 Å². The van der Waals surface area contributed by atoms with Crippen LogP contribution in [0.3, 0.4) is 0 Å². The van der Waals surface area contributed by atoms with Crippen LogP contribution < -0.4 is 5.32 Å². The number of carbonyl (C=O) groups excluding carboxylic acids is 1. The van der Waals surface area contributed by atoms with E-state index in [0.717, 1.165) is 13.1 Å². The number of nitrogens with zero attached hydrogens (tertiary/aromatic N) is 2. The second-order valence-corrected chi connectivity index (χ2v) is 5.10. The van der Waals surface area contributed by atoms with Crippen molar-refractivity contribution >= 4 is 21.6 Å². The van der Waals surface area contributed by atoms with E-state index in [9.17, 15) is 4.79 Å². The minimum Gasteiger partial charge on any atom is -0.351 e. The molecule has 0 aromatic carbocycles. The van der Waals surface area contributed by atoms with Crippen LogP contribution in [0, 0.1) is 5.92 Å². The summed E-state index contributed by atoms with van der Waals surface area (Å²) in [6, 6.07) is 5.17. The summed E-state index contributed by atoms with van der Waals surface area (Å²) in [6.07, 6.45) is 0. The van der Waals surface area contributed by atoms with E-state index in [1.54, 1.807) is 18.2 Å². The van der Waals surface area contributed by atoms with Gasteiger partial charge < -0.3 is 10.2 Å². The molecule has 1 aliphatic rings. The lowest BCUT2D eigenvalue weighted by atomic mass is 9.57. The standard InChI is InChI=1S/C13H17B2N3O.2C2H6/c1-3-16-12(19)10-5-4-6-11(17-10)13(14,15)18-7-9(2)8-18;2*1-2/h4-6,9H,3,7-8H2,1-2H3,(H,16,19);2*1-2H3. The van der Waals surface area contributed by atoms with Gasteiger partial charge in [0.15, 0.2) is 0 Å². The summed E-state index contributed by atoms with van der Waals surface area (Å²) < 4.78 is 0. The van der Waals surface area contributed by atoms with Crippen molar-refractivity contribution < 1.29 is 4.79 Å². The highest BCUT2D eigenvalue weighted by Crippen LogP contribution is 2.28. The molecule has 1 aromatic rings. The Bertz CT molecular complexity index is 475. The van der Waals surface area contributed by atoms with Crippen molar-refractivity contribution in [3.05, 3.63) is 29.6 Å². The first-order chi connectivity index (χ1) is 10.9. The largest absolute Gasteiger partial charge is 0.351 e. The molecule has 0 bridgehead atoms. The van der Waals surface area contributed by atoms with Gasteiger partial charge in [-0.25, -0.2) is 4.98 Å². The van der Waals surface area contributed by atoms with Crippen LogP contribution in [0.2, 0.25) is 0 Å². The van der Waals surface area contributed by atoms with Crippen LogP contribution in [0.1, 0.15) is 57.7 Å². The maximum atomic E-state index is 11.8. The summed E-state index contributed by atoms with van der Waals surface area (Å²) in [5, 5.41) is 1.59. The van der Waals surface area contributed by atoms with Gasteiger partial charge in [-0.1, -0.05) is 40.7 Å². The van der Waals surface area contributed by atoms with Crippen LogP contribution in [0.5, 0.6) is 0 Å². The minimum atomic E-state index is -1.12. The maximum Gasteiger partial charge on any atom is 0.269 e. The Balaban J connectivity index is 0.00000112. The molecular weight excluding hydrogens is 284 g/mol. The molecule has 0 aliphatic carbocycles. The lowest BCUT2D eigenvalue weighted by Crippen LogP contribution is -2.58. The van der Waals surface area contributed by atoms with E-state index in [2.05, 4.69) is 17.2 Å². The molecule has 0 saturated carbocycles. The third kappa shape index (κ3) is 5.69. The van der Waals surface area contributed by atoms with E-state index < -0.39 is 5.34 Å². The zero-order valence-corrected chi connectivity index (χ0v) is 15.4. The smallest absolute Gasteiger partial charge is 0.269 e. The Hall–Kier alpha value is -1.29. The van der Waals surface area contributed by atoms with E-state index in [4.69, 9.17) is 15.7 Å². The number of amides is 1. The fourth-order valence-corrected chi connectivity index (χ4v) is 2.20.